The quantitative estimate of drug-likeness (QED) is 0.297. The first-order chi connectivity index (χ1) is 15.3. The van der Waals surface area contributed by atoms with Gasteiger partial charge in [-0.15, -0.1) is 0 Å². The van der Waals surface area contributed by atoms with Crippen LogP contribution >= 0.6 is 23.2 Å². The van der Waals surface area contributed by atoms with Crippen LogP contribution in [-0.2, 0) is 19.3 Å². The van der Waals surface area contributed by atoms with Gasteiger partial charge in [0.15, 0.2) is 0 Å². The van der Waals surface area contributed by atoms with Gasteiger partial charge in [-0.3, -0.25) is 0 Å². The van der Waals surface area contributed by atoms with Crippen molar-refractivity contribution >= 4 is 23.2 Å². The summed E-state index contributed by atoms with van der Waals surface area (Å²) >= 11 is 11.5. The van der Waals surface area contributed by atoms with Crippen molar-refractivity contribution in [3.05, 3.63) is 69.3 Å². The second-order valence-electron chi connectivity index (χ2n) is 7.36. The van der Waals surface area contributed by atoms with Gasteiger partial charge in [-0.2, -0.15) is 0 Å². The number of hydrogen-bond acceptors (Lipinski definition) is 6. The van der Waals surface area contributed by atoms with E-state index < -0.39 is 0 Å². The second kappa shape index (κ2) is 15.6. The fourth-order valence-corrected chi connectivity index (χ4v) is 3.37. The van der Waals surface area contributed by atoms with E-state index in [4.69, 9.17) is 23.2 Å². The van der Waals surface area contributed by atoms with Crippen LogP contribution in [0.4, 0.5) is 0 Å². The molecule has 0 aliphatic rings. The first kappa shape index (κ1) is 27.9. The Kier molecular flexibility index (Phi) is 13.6. The zero-order valence-corrected chi connectivity index (χ0v) is 21.5. The Morgan fingerprint density at radius 2 is 1.25 bits per heavy atom. The van der Waals surface area contributed by atoms with Gasteiger partial charge in [-0.1, -0.05) is 51.6 Å². The van der Waals surface area contributed by atoms with E-state index >= 15 is 0 Å². The van der Waals surface area contributed by atoms with E-state index in [0.29, 0.717) is 10.4 Å². The Labute approximate surface area is 202 Å². The topological polar surface area (TPSA) is 77.3 Å². The largest absolute Gasteiger partial charge is 0.245 e. The standard InChI is InChI=1S/2C8H11ClN2.C8H12N2/c1-3-4-7-6(2)10-5-11-8(7)9;1-3-4-7-5-10-8(9)11-6(7)2;1-3-4-8-5-9-6-10-7(8)2/h2*5H,3-4H2,1-2H3;5-6H,3-4H2,1-2H3. The SMILES string of the molecule is CCCc1c(C)ncnc1Cl.CCCc1cnc(Cl)nc1C.CCCc1cncnc1C. The molecule has 0 amide bonds. The highest BCUT2D eigenvalue weighted by atomic mass is 35.5. The average Bonchev–Trinajstić information content (AvgIpc) is 2.76. The normalized spacial score (nSPS) is 10.0. The summed E-state index contributed by atoms with van der Waals surface area (Å²) in [6.45, 7) is 12.3. The molecule has 174 valence electrons. The van der Waals surface area contributed by atoms with Crippen LogP contribution in [0.5, 0.6) is 0 Å². The van der Waals surface area contributed by atoms with Crippen LogP contribution in [0.1, 0.15) is 73.8 Å². The maximum absolute atomic E-state index is 5.86. The first-order valence-electron chi connectivity index (χ1n) is 11.0. The first-order valence-corrected chi connectivity index (χ1v) is 11.8. The summed E-state index contributed by atoms with van der Waals surface area (Å²) in [6, 6.07) is 0. The van der Waals surface area contributed by atoms with Gasteiger partial charge in [0.25, 0.3) is 0 Å². The number of rotatable bonds is 6. The molecule has 0 radical (unpaired) electrons. The molecule has 0 unspecified atom stereocenters. The van der Waals surface area contributed by atoms with E-state index in [0.717, 1.165) is 61.2 Å². The van der Waals surface area contributed by atoms with Crippen molar-refractivity contribution in [3.8, 4) is 0 Å². The van der Waals surface area contributed by atoms with Gasteiger partial charge in [0.2, 0.25) is 5.28 Å². The molecule has 0 spiro atoms. The minimum absolute atomic E-state index is 0.336. The molecule has 6 nitrogen and oxygen atoms in total. The van der Waals surface area contributed by atoms with Crippen LogP contribution in [0, 0.1) is 20.8 Å². The number of nitrogens with zero attached hydrogens (tertiary/aromatic N) is 6. The van der Waals surface area contributed by atoms with E-state index in [1.54, 1.807) is 12.5 Å². The molecule has 0 aliphatic heterocycles. The number of aryl methyl sites for hydroxylation is 5. The predicted octanol–water partition coefficient (Wildman–Crippen LogP) is 6.52. The van der Waals surface area contributed by atoms with Crippen LogP contribution in [0.15, 0.2) is 25.0 Å². The summed E-state index contributed by atoms with van der Waals surface area (Å²) < 4.78 is 0. The third-order valence-electron chi connectivity index (χ3n) is 4.71. The molecular formula is C24H34Cl2N6. The monoisotopic (exact) mass is 476 g/mol. The summed E-state index contributed by atoms with van der Waals surface area (Å²) in [5, 5.41) is 0.932. The minimum atomic E-state index is 0.336. The molecule has 32 heavy (non-hydrogen) atoms. The van der Waals surface area contributed by atoms with Crippen molar-refractivity contribution in [2.75, 3.05) is 0 Å². The summed E-state index contributed by atoms with van der Waals surface area (Å²) in [7, 11) is 0. The highest BCUT2D eigenvalue weighted by Gasteiger charge is 2.03. The molecule has 0 saturated carbocycles. The molecule has 3 heterocycles. The van der Waals surface area contributed by atoms with Crippen molar-refractivity contribution in [1.82, 2.24) is 29.9 Å². The molecular weight excluding hydrogens is 443 g/mol. The zero-order chi connectivity index (χ0) is 23.9. The lowest BCUT2D eigenvalue weighted by Crippen LogP contribution is -1.95. The van der Waals surface area contributed by atoms with Crippen LogP contribution in [0.2, 0.25) is 10.4 Å². The zero-order valence-electron chi connectivity index (χ0n) is 20.0. The van der Waals surface area contributed by atoms with Crippen molar-refractivity contribution in [3.63, 3.8) is 0 Å². The summed E-state index contributed by atoms with van der Waals surface area (Å²) in [4.78, 5) is 24.0. The lowest BCUT2D eigenvalue weighted by atomic mass is 10.1. The molecule has 3 rings (SSSR count). The van der Waals surface area contributed by atoms with E-state index in [9.17, 15) is 0 Å². The molecule has 0 atom stereocenters. The van der Waals surface area contributed by atoms with E-state index in [1.165, 1.54) is 17.5 Å². The summed E-state index contributed by atoms with van der Waals surface area (Å²) in [5.41, 5.74) is 6.63. The highest BCUT2D eigenvalue weighted by molar-refractivity contribution is 6.30. The molecule has 0 aromatic carbocycles. The molecule has 0 bridgehead atoms. The third kappa shape index (κ3) is 9.96. The van der Waals surface area contributed by atoms with E-state index in [-0.39, 0.29) is 0 Å². The Hall–Kier alpha value is -2.18. The van der Waals surface area contributed by atoms with Crippen molar-refractivity contribution in [1.29, 1.82) is 0 Å². The molecule has 0 N–H and O–H groups in total. The fourth-order valence-electron chi connectivity index (χ4n) is 2.92. The number of aromatic nitrogens is 6. The minimum Gasteiger partial charge on any atom is -0.245 e. The van der Waals surface area contributed by atoms with Gasteiger partial charge in [0, 0.05) is 35.0 Å². The van der Waals surface area contributed by atoms with Crippen molar-refractivity contribution in [2.45, 2.75) is 80.1 Å². The predicted molar refractivity (Wildman–Crippen MR) is 132 cm³/mol. The molecule has 8 heteroatoms. The van der Waals surface area contributed by atoms with Crippen LogP contribution in [0.3, 0.4) is 0 Å². The fraction of sp³-hybridized carbons (Fsp3) is 0.500. The van der Waals surface area contributed by atoms with Crippen LogP contribution in [-0.4, -0.2) is 29.9 Å². The average molecular weight is 477 g/mol. The maximum Gasteiger partial charge on any atom is 0.222 e. The second-order valence-corrected chi connectivity index (χ2v) is 8.06. The Bertz CT molecular complexity index is 929. The molecule has 3 aromatic rings. The third-order valence-corrected chi connectivity index (χ3v) is 5.22. The highest BCUT2D eigenvalue weighted by Crippen LogP contribution is 2.16. The summed E-state index contributed by atoms with van der Waals surface area (Å²) in [5.74, 6) is 0. The molecule has 3 aromatic heterocycles. The smallest absolute Gasteiger partial charge is 0.222 e. The number of hydrogen-bond donors (Lipinski definition) is 0. The van der Waals surface area contributed by atoms with E-state index in [2.05, 4.69) is 50.7 Å². The van der Waals surface area contributed by atoms with Gasteiger partial charge in [0.05, 0.1) is 0 Å². The van der Waals surface area contributed by atoms with Gasteiger partial charge in [-0.05, 0) is 62.8 Å². The molecule has 0 fully saturated rings. The lowest BCUT2D eigenvalue weighted by molar-refractivity contribution is 0.882. The summed E-state index contributed by atoms with van der Waals surface area (Å²) in [6.07, 6.45) is 13.2. The lowest BCUT2D eigenvalue weighted by Gasteiger charge is -2.02. The van der Waals surface area contributed by atoms with Crippen molar-refractivity contribution < 1.29 is 0 Å². The molecule has 0 saturated heterocycles. The van der Waals surface area contributed by atoms with E-state index in [1.807, 2.05) is 27.0 Å². The Morgan fingerprint density at radius 3 is 1.78 bits per heavy atom. The Morgan fingerprint density at radius 1 is 0.656 bits per heavy atom. The van der Waals surface area contributed by atoms with Gasteiger partial charge in [-0.25, -0.2) is 29.9 Å². The molecule has 0 aliphatic carbocycles. The van der Waals surface area contributed by atoms with Gasteiger partial charge >= 0.3 is 0 Å². The van der Waals surface area contributed by atoms with Gasteiger partial charge < -0.3 is 0 Å². The maximum atomic E-state index is 5.86. The van der Waals surface area contributed by atoms with Crippen LogP contribution < -0.4 is 0 Å². The number of halogens is 2. The van der Waals surface area contributed by atoms with Crippen molar-refractivity contribution in [2.24, 2.45) is 0 Å². The van der Waals surface area contributed by atoms with Gasteiger partial charge in [0.1, 0.15) is 17.8 Å². The Balaban J connectivity index is 0.000000240. The van der Waals surface area contributed by atoms with Crippen LogP contribution in [0.25, 0.3) is 0 Å².